The van der Waals surface area contributed by atoms with E-state index in [1.54, 1.807) is 6.07 Å². The summed E-state index contributed by atoms with van der Waals surface area (Å²) in [5, 5.41) is 15.5. The highest BCUT2D eigenvalue weighted by Crippen LogP contribution is 2.38. The molecule has 29 heavy (non-hydrogen) atoms. The van der Waals surface area contributed by atoms with Gasteiger partial charge in [0.2, 0.25) is 0 Å². The van der Waals surface area contributed by atoms with Crippen LogP contribution >= 0.6 is 0 Å². The van der Waals surface area contributed by atoms with E-state index in [4.69, 9.17) is 4.74 Å². The molecule has 0 aliphatic heterocycles. The molecule has 2 fully saturated rings. The number of phenolic OH excluding ortho intramolecular Hbond substituents is 1. The first-order valence-corrected chi connectivity index (χ1v) is 11.4. The summed E-state index contributed by atoms with van der Waals surface area (Å²) in [5.41, 5.74) is 0.320. The zero-order valence-electron chi connectivity index (χ0n) is 17.5. The first-order valence-electron chi connectivity index (χ1n) is 11.4. The number of carbonyl (C=O) groups excluding carboxylic acids is 1. The highest BCUT2D eigenvalue weighted by atomic mass is 16.5. The summed E-state index contributed by atoms with van der Waals surface area (Å²) in [6.07, 6.45) is 11.9. The number of hydrogen-bond donors (Lipinski definition) is 2. The number of benzene rings is 2. The minimum Gasteiger partial charge on any atom is -0.506 e. The SMILES string of the molecule is CC(Oc1cc(C(=O)NC2CCCCC2)c(O)c2ccccc12)C1CCCCC1. The fourth-order valence-electron chi connectivity index (χ4n) is 5.01. The first kappa shape index (κ1) is 20.1. The minimum atomic E-state index is -0.199. The van der Waals surface area contributed by atoms with Crippen molar-refractivity contribution in [1.82, 2.24) is 5.32 Å². The number of phenols is 1. The van der Waals surface area contributed by atoms with Gasteiger partial charge in [0.1, 0.15) is 11.5 Å². The lowest BCUT2D eigenvalue weighted by Crippen LogP contribution is -2.36. The highest BCUT2D eigenvalue weighted by molar-refractivity contribution is 6.05. The Morgan fingerprint density at radius 1 is 1.00 bits per heavy atom. The van der Waals surface area contributed by atoms with Gasteiger partial charge < -0.3 is 15.2 Å². The molecule has 2 aliphatic rings. The Labute approximate surface area is 173 Å². The molecule has 1 amide bonds. The second kappa shape index (κ2) is 9.06. The third-order valence-electron chi connectivity index (χ3n) is 6.79. The lowest BCUT2D eigenvalue weighted by Gasteiger charge is -2.29. The summed E-state index contributed by atoms with van der Waals surface area (Å²) in [6, 6.07) is 9.60. The van der Waals surface area contributed by atoms with Crippen LogP contribution in [-0.4, -0.2) is 23.2 Å². The normalized spacial score (nSPS) is 19.8. The molecular formula is C25H33NO3. The van der Waals surface area contributed by atoms with Gasteiger partial charge in [-0.05, 0) is 44.6 Å². The molecule has 4 heteroatoms. The lowest BCUT2D eigenvalue weighted by atomic mass is 9.86. The highest BCUT2D eigenvalue weighted by Gasteiger charge is 2.25. The monoisotopic (exact) mass is 395 g/mol. The summed E-state index contributed by atoms with van der Waals surface area (Å²) in [4.78, 5) is 13.0. The molecule has 0 heterocycles. The Kier molecular flexibility index (Phi) is 6.27. The van der Waals surface area contributed by atoms with Gasteiger partial charge in [0, 0.05) is 16.8 Å². The molecule has 2 saturated carbocycles. The fourth-order valence-corrected chi connectivity index (χ4v) is 5.01. The Morgan fingerprint density at radius 3 is 2.31 bits per heavy atom. The van der Waals surface area contributed by atoms with E-state index >= 15 is 0 Å². The second-order valence-corrected chi connectivity index (χ2v) is 8.85. The van der Waals surface area contributed by atoms with Gasteiger partial charge in [-0.15, -0.1) is 0 Å². The van der Waals surface area contributed by atoms with Gasteiger partial charge in [-0.1, -0.05) is 62.8 Å². The summed E-state index contributed by atoms with van der Waals surface area (Å²) in [5.74, 6) is 1.10. The Hall–Kier alpha value is -2.23. The van der Waals surface area contributed by atoms with Crippen LogP contribution in [0.15, 0.2) is 30.3 Å². The molecule has 0 aromatic heterocycles. The number of carbonyl (C=O) groups is 1. The van der Waals surface area contributed by atoms with Crippen LogP contribution in [0.2, 0.25) is 0 Å². The van der Waals surface area contributed by atoms with Crippen molar-refractivity contribution in [3.8, 4) is 11.5 Å². The number of hydrogen-bond acceptors (Lipinski definition) is 3. The molecule has 2 aliphatic carbocycles. The molecule has 1 unspecified atom stereocenters. The van der Waals surface area contributed by atoms with Crippen LogP contribution in [0.4, 0.5) is 0 Å². The summed E-state index contributed by atoms with van der Waals surface area (Å²) in [6.45, 7) is 2.14. The number of rotatable bonds is 5. The van der Waals surface area contributed by atoms with Crippen LogP contribution in [0.1, 0.15) is 81.5 Å². The molecule has 156 valence electrons. The van der Waals surface area contributed by atoms with E-state index < -0.39 is 0 Å². The molecule has 0 spiro atoms. The predicted octanol–water partition coefficient (Wildman–Crippen LogP) is 5.96. The second-order valence-electron chi connectivity index (χ2n) is 8.85. The van der Waals surface area contributed by atoms with E-state index in [2.05, 4.69) is 12.2 Å². The van der Waals surface area contributed by atoms with Crippen molar-refractivity contribution in [2.45, 2.75) is 83.3 Å². The van der Waals surface area contributed by atoms with E-state index in [0.717, 1.165) is 31.1 Å². The molecule has 1 atom stereocenters. The summed E-state index contributed by atoms with van der Waals surface area (Å²) in [7, 11) is 0. The lowest BCUT2D eigenvalue weighted by molar-refractivity contribution is 0.0923. The Bertz CT molecular complexity index is 851. The van der Waals surface area contributed by atoms with E-state index in [1.807, 2.05) is 24.3 Å². The van der Waals surface area contributed by atoms with E-state index in [0.29, 0.717) is 22.6 Å². The average molecular weight is 396 g/mol. The number of nitrogens with one attached hydrogen (secondary N) is 1. The molecule has 2 aromatic rings. The van der Waals surface area contributed by atoms with Crippen LogP contribution in [-0.2, 0) is 0 Å². The Morgan fingerprint density at radius 2 is 1.62 bits per heavy atom. The largest absolute Gasteiger partial charge is 0.506 e. The Balaban J connectivity index is 1.62. The standard InChI is InChI=1S/C25H33NO3/c1-17(18-10-4-2-5-11-18)29-23-16-22(24(27)21-15-9-8-14-20(21)23)25(28)26-19-12-6-3-7-13-19/h8-9,14-19,27H,2-7,10-13H2,1H3,(H,26,28). The summed E-state index contributed by atoms with van der Waals surface area (Å²) < 4.78 is 6.41. The smallest absolute Gasteiger partial charge is 0.255 e. The van der Waals surface area contributed by atoms with Crippen molar-refractivity contribution in [3.05, 3.63) is 35.9 Å². The van der Waals surface area contributed by atoms with Crippen molar-refractivity contribution >= 4 is 16.7 Å². The molecule has 4 rings (SSSR count). The fraction of sp³-hybridized carbons (Fsp3) is 0.560. The van der Waals surface area contributed by atoms with Gasteiger partial charge >= 0.3 is 0 Å². The zero-order chi connectivity index (χ0) is 20.2. The number of fused-ring (bicyclic) bond motifs is 1. The van der Waals surface area contributed by atoms with Crippen molar-refractivity contribution in [2.24, 2.45) is 5.92 Å². The molecule has 0 bridgehead atoms. The molecule has 0 saturated heterocycles. The van der Waals surface area contributed by atoms with Gasteiger partial charge in [0.15, 0.2) is 0 Å². The number of aromatic hydroxyl groups is 1. The van der Waals surface area contributed by atoms with Gasteiger partial charge in [-0.3, -0.25) is 4.79 Å². The van der Waals surface area contributed by atoms with Crippen LogP contribution in [0.25, 0.3) is 10.8 Å². The van der Waals surface area contributed by atoms with E-state index in [-0.39, 0.29) is 23.8 Å². The molecular weight excluding hydrogens is 362 g/mol. The van der Waals surface area contributed by atoms with Crippen LogP contribution in [0, 0.1) is 5.92 Å². The zero-order valence-corrected chi connectivity index (χ0v) is 17.5. The van der Waals surface area contributed by atoms with Crippen molar-refractivity contribution < 1.29 is 14.6 Å². The van der Waals surface area contributed by atoms with Gasteiger partial charge in [0.25, 0.3) is 5.91 Å². The maximum absolute atomic E-state index is 13.0. The predicted molar refractivity (Wildman–Crippen MR) is 117 cm³/mol. The topological polar surface area (TPSA) is 58.6 Å². The molecule has 2 N–H and O–H groups in total. The van der Waals surface area contributed by atoms with Crippen molar-refractivity contribution in [1.29, 1.82) is 0 Å². The molecule has 0 radical (unpaired) electrons. The van der Waals surface area contributed by atoms with E-state index in [1.165, 1.54) is 38.5 Å². The quantitative estimate of drug-likeness (QED) is 0.657. The van der Waals surface area contributed by atoms with Gasteiger partial charge in [-0.2, -0.15) is 0 Å². The maximum Gasteiger partial charge on any atom is 0.255 e. The first-order chi connectivity index (χ1) is 14.1. The third-order valence-corrected chi connectivity index (χ3v) is 6.79. The molecule has 4 nitrogen and oxygen atoms in total. The van der Waals surface area contributed by atoms with Gasteiger partial charge in [-0.25, -0.2) is 0 Å². The van der Waals surface area contributed by atoms with Crippen LogP contribution in [0.5, 0.6) is 11.5 Å². The number of ether oxygens (including phenoxy) is 1. The van der Waals surface area contributed by atoms with Crippen LogP contribution < -0.4 is 10.1 Å². The van der Waals surface area contributed by atoms with E-state index in [9.17, 15) is 9.90 Å². The van der Waals surface area contributed by atoms with Crippen LogP contribution in [0.3, 0.4) is 0 Å². The summed E-state index contributed by atoms with van der Waals surface area (Å²) >= 11 is 0. The average Bonchev–Trinajstić information content (AvgIpc) is 2.77. The van der Waals surface area contributed by atoms with Gasteiger partial charge in [0.05, 0.1) is 11.7 Å². The van der Waals surface area contributed by atoms with Crippen molar-refractivity contribution in [2.75, 3.05) is 0 Å². The molecule has 2 aromatic carbocycles. The maximum atomic E-state index is 13.0. The third kappa shape index (κ3) is 4.52. The minimum absolute atomic E-state index is 0.0478. The number of amides is 1. The van der Waals surface area contributed by atoms with Crippen molar-refractivity contribution in [3.63, 3.8) is 0 Å².